The number of benzene rings is 2. The molecule has 0 aliphatic carbocycles. The fraction of sp³-hybridized carbons (Fsp3) is 0.320. The summed E-state index contributed by atoms with van der Waals surface area (Å²) in [6, 6.07) is 10.3. The van der Waals surface area contributed by atoms with Crippen molar-refractivity contribution in [2.75, 3.05) is 6.61 Å². The highest BCUT2D eigenvalue weighted by atomic mass is 35.5. The van der Waals surface area contributed by atoms with Crippen molar-refractivity contribution < 1.29 is 27.5 Å². The summed E-state index contributed by atoms with van der Waals surface area (Å²) in [5.41, 5.74) is 4.74. The zero-order chi connectivity index (χ0) is 25.3. The van der Waals surface area contributed by atoms with Crippen LogP contribution in [-0.2, 0) is 20.5 Å². The quantitative estimate of drug-likeness (QED) is 0.424. The third-order valence-corrected chi connectivity index (χ3v) is 6.15. The van der Waals surface area contributed by atoms with E-state index >= 15 is 0 Å². The number of carbonyl (C=O) groups is 2. The van der Waals surface area contributed by atoms with E-state index in [4.69, 9.17) is 10.5 Å². The molecule has 11 heteroatoms. The maximum Gasteiger partial charge on any atom is 0.417 e. The largest absolute Gasteiger partial charge is 0.462 e. The highest BCUT2D eigenvalue weighted by Crippen LogP contribution is 2.37. The highest BCUT2D eigenvalue weighted by molar-refractivity contribution is 5.90. The van der Waals surface area contributed by atoms with Gasteiger partial charge in [-0.3, -0.25) is 14.4 Å². The summed E-state index contributed by atoms with van der Waals surface area (Å²) < 4.78 is 45.5. The predicted octanol–water partition coefficient (Wildman–Crippen LogP) is 3.89. The van der Waals surface area contributed by atoms with Gasteiger partial charge in [0.15, 0.2) is 0 Å². The summed E-state index contributed by atoms with van der Waals surface area (Å²) in [6.45, 7) is 1.75. The number of fused-ring (bicyclic) bond motifs is 1. The predicted molar refractivity (Wildman–Crippen MR) is 131 cm³/mol. The zero-order valence-corrected chi connectivity index (χ0v) is 20.0. The van der Waals surface area contributed by atoms with Crippen LogP contribution in [0.5, 0.6) is 0 Å². The number of esters is 1. The summed E-state index contributed by atoms with van der Waals surface area (Å²) in [5.74, 6) is -1.37. The van der Waals surface area contributed by atoms with Gasteiger partial charge >= 0.3 is 12.1 Å². The Hall–Kier alpha value is -3.37. The number of hydrogen-bond acceptors (Lipinski definition) is 5. The van der Waals surface area contributed by atoms with Crippen LogP contribution in [0.3, 0.4) is 0 Å². The van der Waals surface area contributed by atoms with Crippen LogP contribution >= 0.6 is 12.4 Å². The van der Waals surface area contributed by atoms with Crippen LogP contribution in [0.15, 0.2) is 53.3 Å². The van der Waals surface area contributed by atoms with E-state index in [9.17, 15) is 27.6 Å². The summed E-state index contributed by atoms with van der Waals surface area (Å²) in [4.78, 5) is 39.7. The molecule has 7 nitrogen and oxygen atoms in total. The number of nitrogens with two attached hydrogens (primary N) is 1. The second kappa shape index (κ2) is 10.7. The van der Waals surface area contributed by atoms with E-state index in [2.05, 4.69) is 10.3 Å². The fourth-order valence-electron chi connectivity index (χ4n) is 4.21. The summed E-state index contributed by atoms with van der Waals surface area (Å²) >= 11 is 0. The first kappa shape index (κ1) is 27.2. The lowest BCUT2D eigenvalue weighted by atomic mass is 9.93. The molecule has 3 atom stereocenters. The number of nitrogens with one attached hydrogen (secondary N) is 2. The van der Waals surface area contributed by atoms with Crippen molar-refractivity contribution >= 4 is 35.1 Å². The summed E-state index contributed by atoms with van der Waals surface area (Å²) in [5, 5.41) is 3.48. The molecule has 1 aromatic heterocycles. The Morgan fingerprint density at radius 2 is 1.89 bits per heavy atom. The Bertz CT molecular complexity index is 1340. The van der Waals surface area contributed by atoms with Crippen molar-refractivity contribution in [3.63, 3.8) is 0 Å². The maximum absolute atomic E-state index is 13.4. The topological polar surface area (TPSA) is 114 Å². The number of aromatic nitrogens is 1. The second-order valence-corrected chi connectivity index (χ2v) is 8.54. The third-order valence-electron chi connectivity index (χ3n) is 6.15. The minimum absolute atomic E-state index is 0. The molecule has 192 valence electrons. The van der Waals surface area contributed by atoms with E-state index < -0.39 is 41.3 Å². The van der Waals surface area contributed by atoms with Crippen molar-refractivity contribution in [2.45, 2.75) is 43.9 Å². The zero-order valence-electron chi connectivity index (χ0n) is 19.2. The lowest BCUT2D eigenvalue weighted by Crippen LogP contribution is -2.36. The van der Waals surface area contributed by atoms with Crippen molar-refractivity contribution in [1.82, 2.24) is 10.3 Å². The Kier molecular flexibility index (Phi) is 8.10. The van der Waals surface area contributed by atoms with Gasteiger partial charge < -0.3 is 20.8 Å². The number of aromatic amines is 1. The molecule has 1 aliphatic heterocycles. The van der Waals surface area contributed by atoms with E-state index in [0.29, 0.717) is 23.8 Å². The molecule has 1 unspecified atom stereocenters. The van der Waals surface area contributed by atoms with Gasteiger partial charge in [0, 0.05) is 16.6 Å². The van der Waals surface area contributed by atoms with Gasteiger partial charge in [0.2, 0.25) is 5.91 Å². The van der Waals surface area contributed by atoms with E-state index in [-0.39, 0.29) is 41.6 Å². The molecule has 1 amide bonds. The van der Waals surface area contributed by atoms with Gasteiger partial charge in [-0.25, -0.2) is 0 Å². The lowest BCUT2D eigenvalue weighted by Gasteiger charge is -2.14. The van der Waals surface area contributed by atoms with Crippen LogP contribution in [0.2, 0.25) is 0 Å². The molecule has 36 heavy (non-hydrogen) atoms. The molecule has 4 rings (SSSR count). The number of alkyl halides is 3. The lowest BCUT2D eigenvalue weighted by molar-refractivity contribution is -0.146. The van der Waals surface area contributed by atoms with Gasteiger partial charge in [0.1, 0.15) is 12.6 Å². The standard InChI is InChI=1S/C25H24F3N3O4.ClH/c1-2-20(29)24(34)35-12-15-11-18(22(32)30-15)13-7-8-14-10-21(31-23(33)17(14)9-13)16-5-3-4-6-19(16)25(26,27)28;/h3-10,15,18,20H,2,11-12,29H2,1H3,(H,30,32)(H,31,33);1H/t15?,18-,20+;/m1./s1. The van der Waals surface area contributed by atoms with Crippen molar-refractivity contribution in [3.05, 3.63) is 70.0 Å². The summed E-state index contributed by atoms with van der Waals surface area (Å²) in [7, 11) is 0. The Labute approximate surface area is 210 Å². The van der Waals surface area contributed by atoms with E-state index in [1.807, 2.05) is 0 Å². The molecule has 0 saturated carbocycles. The van der Waals surface area contributed by atoms with Crippen LogP contribution in [0.4, 0.5) is 13.2 Å². The number of carbonyl (C=O) groups excluding carboxylic acids is 2. The molecule has 0 spiro atoms. The number of halogens is 4. The van der Waals surface area contributed by atoms with Crippen LogP contribution in [0.1, 0.15) is 36.8 Å². The molecule has 0 radical (unpaired) electrons. The van der Waals surface area contributed by atoms with Gasteiger partial charge in [-0.2, -0.15) is 13.2 Å². The number of amides is 1. The van der Waals surface area contributed by atoms with Crippen LogP contribution in [-0.4, -0.2) is 35.6 Å². The maximum atomic E-state index is 13.4. The van der Waals surface area contributed by atoms with Crippen molar-refractivity contribution in [3.8, 4) is 11.3 Å². The number of pyridine rings is 1. The Morgan fingerprint density at radius 1 is 1.17 bits per heavy atom. The van der Waals surface area contributed by atoms with Gasteiger partial charge in [-0.05, 0) is 42.0 Å². The van der Waals surface area contributed by atoms with Crippen molar-refractivity contribution in [1.29, 1.82) is 0 Å². The van der Waals surface area contributed by atoms with E-state index in [1.165, 1.54) is 24.3 Å². The second-order valence-electron chi connectivity index (χ2n) is 8.54. The first-order valence-electron chi connectivity index (χ1n) is 11.1. The van der Waals surface area contributed by atoms with Crippen molar-refractivity contribution in [2.24, 2.45) is 5.73 Å². The molecule has 1 saturated heterocycles. The normalized spacial score (nSPS) is 18.4. The summed E-state index contributed by atoms with van der Waals surface area (Å²) in [6.07, 6.45) is -3.78. The minimum atomic E-state index is -4.57. The van der Waals surface area contributed by atoms with E-state index in [1.54, 1.807) is 25.1 Å². The molecule has 2 heterocycles. The molecule has 2 aromatic carbocycles. The highest BCUT2D eigenvalue weighted by Gasteiger charge is 2.35. The molecule has 0 bridgehead atoms. The smallest absolute Gasteiger partial charge is 0.417 e. The number of ether oxygens (including phenoxy) is 1. The van der Waals surface area contributed by atoms with Crippen LogP contribution < -0.4 is 16.6 Å². The molecule has 1 aliphatic rings. The number of rotatable bonds is 6. The van der Waals surface area contributed by atoms with E-state index in [0.717, 1.165) is 6.07 Å². The molecular formula is C25H25ClF3N3O4. The monoisotopic (exact) mass is 523 g/mol. The van der Waals surface area contributed by atoms with Gasteiger partial charge in [-0.1, -0.05) is 37.3 Å². The van der Waals surface area contributed by atoms with Crippen LogP contribution in [0.25, 0.3) is 22.0 Å². The SMILES string of the molecule is CC[C@H](N)C(=O)OCC1C[C@H](c2ccc3cc(-c4ccccc4C(F)(F)F)[nH]c(=O)c3c2)C(=O)N1.Cl. The fourth-order valence-corrected chi connectivity index (χ4v) is 4.21. The average molecular weight is 524 g/mol. The van der Waals surface area contributed by atoms with Gasteiger partial charge in [-0.15, -0.1) is 12.4 Å². The average Bonchev–Trinajstić information content (AvgIpc) is 3.21. The number of H-pyrrole nitrogens is 1. The minimum Gasteiger partial charge on any atom is -0.462 e. The first-order chi connectivity index (χ1) is 16.6. The van der Waals surface area contributed by atoms with Gasteiger partial charge in [0.25, 0.3) is 5.56 Å². The van der Waals surface area contributed by atoms with Gasteiger partial charge in [0.05, 0.1) is 17.5 Å². The Morgan fingerprint density at radius 3 is 2.58 bits per heavy atom. The molecular weight excluding hydrogens is 499 g/mol. The third kappa shape index (κ3) is 5.55. The van der Waals surface area contributed by atoms with Crippen LogP contribution in [0, 0.1) is 0 Å². The number of hydrogen-bond donors (Lipinski definition) is 3. The molecule has 3 aromatic rings. The first-order valence-corrected chi connectivity index (χ1v) is 11.1. The molecule has 1 fully saturated rings. The Balaban J connectivity index is 0.00000361. The molecule has 4 N–H and O–H groups in total.